The summed E-state index contributed by atoms with van der Waals surface area (Å²) in [5.41, 5.74) is -2.57. The largest absolute Gasteiger partial charge is 0.416 e. The molecule has 0 unspecified atom stereocenters. The number of anilines is 2. The highest BCUT2D eigenvalue weighted by molar-refractivity contribution is 5.91. The lowest BCUT2D eigenvalue weighted by Gasteiger charge is -2.11. The van der Waals surface area contributed by atoms with Crippen LogP contribution in [-0.4, -0.2) is 17.4 Å². The van der Waals surface area contributed by atoms with Crippen LogP contribution in [0.1, 0.15) is 12.0 Å². The third-order valence-corrected chi connectivity index (χ3v) is 3.39. The van der Waals surface area contributed by atoms with E-state index in [0.717, 1.165) is 24.3 Å². The van der Waals surface area contributed by atoms with Crippen molar-refractivity contribution in [3.05, 3.63) is 63.7 Å². The van der Waals surface area contributed by atoms with Gasteiger partial charge in [-0.25, -0.2) is 8.78 Å². The van der Waals surface area contributed by atoms with Gasteiger partial charge in [0.2, 0.25) is 5.91 Å². The van der Waals surface area contributed by atoms with E-state index < -0.39 is 39.9 Å². The van der Waals surface area contributed by atoms with Gasteiger partial charge in [-0.05, 0) is 24.3 Å². The molecule has 0 aliphatic rings. The SMILES string of the molecule is O=C(CCNc1ccc(C(F)(F)F)cc1[N+](=O)[O-])Nc1cc(F)ccc1F. The Hall–Kier alpha value is -3.24. The number of benzene rings is 2. The fourth-order valence-electron chi connectivity index (χ4n) is 2.13. The van der Waals surface area contributed by atoms with Crippen molar-refractivity contribution in [3.63, 3.8) is 0 Å². The van der Waals surface area contributed by atoms with Crippen LogP contribution in [0.25, 0.3) is 0 Å². The molecule has 11 heteroatoms. The van der Waals surface area contributed by atoms with Crippen molar-refractivity contribution >= 4 is 23.0 Å². The minimum Gasteiger partial charge on any atom is -0.379 e. The summed E-state index contributed by atoms with van der Waals surface area (Å²) in [7, 11) is 0. The molecule has 0 spiro atoms. The Morgan fingerprint density at radius 2 is 1.78 bits per heavy atom. The van der Waals surface area contributed by atoms with Gasteiger partial charge in [-0.2, -0.15) is 13.2 Å². The summed E-state index contributed by atoms with van der Waals surface area (Å²) in [6, 6.07) is 4.40. The second-order valence-electron chi connectivity index (χ2n) is 5.34. The molecule has 0 saturated heterocycles. The number of rotatable bonds is 6. The fraction of sp³-hybridized carbons (Fsp3) is 0.188. The first kappa shape index (κ1) is 20.1. The number of halogens is 5. The maximum absolute atomic E-state index is 13.4. The first-order valence-corrected chi connectivity index (χ1v) is 7.42. The van der Waals surface area contributed by atoms with Crippen LogP contribution in [0.5, 0.6) is 0 Å². The number of carbonyl (C=O) groups is 1. The zero-order valence-corrected chi connectivity index (χ0v) is 13.4. The number of nitrogens with one attached hydrogen (secondary N) is 2. The molecule has 0 saturated carbocycles. The Morgan fingerprint density at radius 1 is 1.07 bits per heavy atom. The molecule has 0 heterocycles. The highest BCUT2D eigenvalue weighted by atomic mass is 19.4. The van der Waals surface area contributed by atoms with Crippen molar-refractivity contribution in [1.82, 2.24) is 0 Å². The van der Waals surface area contributed by atoms with Crippen LogP contribution < -0.4 is 10.6 Å². The summed E-state index contributed by atoms with van der Waals surface area (Å²) >= 11 is 0. The van der Waals surface area contributed by atoms with Crippen LogP contribution in [0.2, 0.25) is 0 Å². The summed E-state index contributed by atoms with van der Waals surface area (Å²) < 4.78 is 64.4. The van der Waals surface area contributed by atoms with Gasteiger partial charge in [0, 0.05) is 25.1 Å². The Bertz CT molecular complexity index is 871. The smallest absolute Gasteiger partial charge is 0.379 e. The van der Waals surface area contributed by atoms with Crippen LogP contribution in [0, 0.1) is 21.7 Å². The topological polar surface area (TPSA) is 84.3 Å². The van der Waals surface area contributed by atoms with Crippen molar-refractivity contribution in [2.75, 3.05) is 17.2 Å². The van der Waals surface area contributed by atoms with E-state index in [2.05, 4.69) is 10.6 Å². The van der Waals surface area contributed by atoms with E-state index in [1.807, 2.05) is 0 Å². The van der Waals surface area contributed by atoms with E-state index in [4.69, 9.17) is 0 Å². The Kier molecular flexibility index (Phi) is 5.93. The monoisotopic (exact) mass is 389 g/mol. The van der Waals surface area contributed by atoms with Crippen molar-refractivity contribution in [2.24, 2.45) is 0 Å². The molecule has 2 rings (SSSR count). The van der Waals surface area contributed by atoms with Crippen LogP contribution in [0.15, 0.2) is 36.4 Å². The molecule has 2 aromatic carbocycles. The molecule has 0 aromatic heterocycles. The van der Waals surface area contributed by atoms with Gasteiger partial charge in [0.25, 0.3) is 5.69 Å². The van der Waals surface area contributed by atoms with Crippen LogP contribution in [0.4, 0.5) is 39.0 Å². The van der Waals surface area contributed by atoms with E-state index in [1.54, 1.807) is 0 Å². The van der Waals surface area contributed by atoms with Gasteiger partial charge < -0.3 is 10.6 Å². The molecule has 2 aromatic rings. The summed E-state index contributed by atoms with van der Waals surface area (Å²) in [5, 5.41) is 15.6. The first-order chi connectivity index (χ1) is 12.6. The number of amides is 1. The second kappa shape index (κ2) is 7.98. The van der Waals surface area contributed by atoms with Crippen molar-refractivity contribution in [1.29, 1.82) is 0 Å². The molecule has 0 fully saturated rings. The number of hydrogen-bond acceptors (Lipinski definition) is 4. The fourth-order valence-corrected chi connectivity index (χ4v) is 2.13. The standard InChI is InChI=1S/C16H12F5N3O3/c17-10-2-3-11(18)13(8-10)23-15(25)5-6-22-12-4-1-9(16(19,20)21)7-14(12)24(26)27/h1-4,7-8,22H,5-6H2,(H,23,25). The minimum atomic E-state index is -4.74. The zero-order valence-electron chi connectivity index (χ0n) is 13.4. The maximum atomic E-state index is 13.4. The maximum Gasteiger partial charge on any atom is 0.416 e. The van der Waals surface area contributed by atoms with Gasteiger partial charge >= 0.3 is 6.18 Å². The molecule has 0 radical (unpaired) electrons. The predicted octanol–water partition coefficient (Wildman–Crippen LogP) is 4.33. The summed E-state index contributed by atoms with van der Waals surface area (Å²) in [6.45, 7) is -0.186. The quantitative estimate of drug-likeness (QED) is 0.438. The Balaban J connectivity index is 2.01. The summed E-state index contributed by atoms with van der Waals surface area (Å²) in [6.07, 6.45) is -5.04. The molecule has 0 aliphatic heterocycles. The average molecular weight is 389 g/mol. The highest BCUT2D eigenvalue weighted by Gasteiger charge is 2.33. The number of nitro groups is 1. The van der Waals surface area contributed by atoms with Gasteiger partial charge in [-0.1, -0.05) is 0 Å². The molecular formula is C16H12F5N3O3. The summed E-state index contributed by atoms with van der Waals surface area (Å²) in [4.78, 5) is 21.7. The molecule has 144 valence electrons. The molecule has 1 amide bonds. The van der Waals surface area contributed by atoms with E-state index >= 15 is 0 Å². The normalized spacial score (nSPS) is 11.1. The molecule has 27 heavy (non-hydrogen) atoms. The lowest BCUT2D eigenvalue weighted by atomic mass is 10.1. The van der Waals surface area contributed by atoms with Gasteiger partial charge in [-0.15, -0.1) is 0 Å². The van der Waals surface area contributed by atoms with Gasteiger partial charge in [0.15, 0.2) is 0 Å². The number of hydrogen-bond donors (Lipinski definition) is 2. The van der Waals surface area contributed by atoms with Gasteiger partial charge in [0.05, 0.1) is 16.2 Å². The van der Waals surface area contributed by atoms with Crippen LogP contribution in [-0.2, 0) is 11.0 Å². The van der Waals surface area contributed by atoms with Gasteiger partial charge in [-0.3, -0.25) is 14.9 Å². The zero-order chi connectivity index (χ0) is 20.2. The minimum absolute atomic E-state index is 0.186. The average Bonchev–Trinajstić information content (AvgIpc) is 2.57. The molecule has 0 aliphatic carbocycles. The Morgan fingerprint density at radius 3 is 2.41 bits per heavy atom. The molecule has 6 nitrogen and oxygen atoms in total. The lowest BCUT2D eigenvalue weighted by Crippen LogP contribution is -2.17. The third kappa shape index (κ3) is 5.36. The van der Waals surface area contributed by atoms with Crippen LogP contribution >= 0.6 is 0 Å². The molecular weight excluding hydrogens is 377 g/mol. The van der Waals surface area contributed by atoms with Crippen LogP contribution in [0.3, 0.4) is 0 Å². The number of carbonyl (C=O) groups excluding carboxylic acids is 1. The number of nitrogens with zero attached hydrogens (tertiary/aromatic N) is 1. The number of nitro benzene ring substituents is 1. The molecule has 0 bridgehead atoms. The summed E-state index contributed by atoms with van der Waals surface area (Å²) in [5.74, 6) is -2.33. The van der Waals surface area contributed by atoms with E-state index in [-0.39, 0.29) is 24.3 Å². The molecule has 0 atom stereocenters. The van der Waals surface area contributed by atoms with Crippen molar-refractivity contribution < 1.29 is 31.7 Å². The highest BCUT2D eigenvalue weighted by Crippen LogP contribution is 2.34. The van der Waals surface area contributed by atoms with E-state index in [0.29, 0.717) is 12.1 Å². The lowest BCUT2D eigenvalue weighted by molar-refractivity contribution is -0.384. The van der Waals surface area contributed by atoms with E-state index in [1.165, 1.54) is 0 Å². The van der Waals surface area contributed by atoms with Crippen molar-refractivity contribution in [2.45, 2.75) is 12.6 Å². The van der Waals surface area contributed by atoms with Gasteiger partial charge in [0.1, 0.15) is 17.3 Å². The number of alkyl halides is 3. The third-order valence-electron chi connectivity index (χ3n) is 3.39. The van der Waals surface area contributed by atoms with Crippen molar-refractivity contribution in [3.8, 4) is 0 Å². The molecule has 2 N–H and O–H groups in total. The van der Waals surface area contributed by atoms with E-state index in [9.17, 15) is 36.9 Å². The first-order valence-electron chi connectivity index (χ1n) is 7.42. The second-order valence-corrected chi connectivity index (χ2v) is 5.34. The predicted molar refractivity (Wildman–Crippen MR) is 86.2 cm³/mol. The Labute approximate surface area is 149 Å².